The molecule has 2 atom stereocenters. The summed E-state index contributed by atoms with van der Waals surface area (Å²) in [5.74, 6) is -2.97. The second-order valence-electron chi connectivity index (χ2n) is 12.7. The number of imide groups is 1. The maximum absolute atomic E-state index is 11.6. The Labute approximate surface area is 253 Å². The van der Waals surface area contributed by atoms with Gasteiger partial charge in [-0.15, -0.1) is 0 Å². The molecule has 0 aromatic heterocycles. The molecule has 14 nitrogen and oxygen atoms in total. The predicted molar refractivity (Wildman–Crippen MR) is 155 cm³/mol. The van der Waals surface area contributed by atoms with Crippen molar-refractivity contribution in [1.29, 1.82) is 0 Å². The minimum absolute atomic E-state index is 0. The fourth-order valence-electron chi connectivity index (χ4n) is 4.22. The van der Waals surface area contributed by atoms with Gasteiger partial charge in [-0.1, -0.05) is 54.0 Å². The first-order valence-corrected chi connectivity index (χ1v) is 14.3. The van der Waals surface area contributed by atoms with Crippen LogP contribution in [0.2, 0.25) is 0 Å². The highest BCUT2D eigenvalue weighted by Crippen LogP contribution is 2.24. The van der Waals surface area contributed by atoms with Gasteiger partial charge in [-0.3, -0.25) is 19.2 Å². The number of aliphatic carboxylic acids is 2. The Bertz CT molecular complexity index is 944. The zero-order valence-corrected chi connectivity index (χ0v) is 25.5. The van der Waals surface area contributed by atoms with Crippen LogP contribution in [0.1, 0.15) is 113 Å². The van der Waals surface area contributed by atoms with Crippen molar-refractivity contribution < 1.29 is 53.3 Å². The number of carboxylic acids is 2. The molecule has 248 valence electrons. The largest absolute Gasteiger partial charge is 0.534 e. The van der Waals surface area contributed by atoms with Gasteiger partial charge < -0.3 is 30.7 Å². The summed E-state index contributed by atoms with van der Waals surface area (Å²) in [5.41, 5.74) is 4.41. The molecule has 0 aromatic rings. The molecule has 1 heterocycles. The van der Waals surface area contributed by atoms with Crippen LogP contribution in [0.5, 0.6) is 0 Å². The molecule has 0 spiro atoms. The van der Waals surface area contributed by atoms with Crippen molar-refractivity contribution in [2.24, 2.45) is 16.6 Å². The molecule has 3 fully saturated rings. The lowest BCUT2D eigenvalue weighted by molar-refractivity contribution is -0.178. The maximum atomic E-state index is 11.6. The topological polar surface area (TPSA) is 212 Å². The Morgan fingerprint density at radius 2 is 1.21 bits per heavy atom. The van der Waals surface area contributed by atoms with Crippen LogP contribution in [0.4, 0.5) is 9.59 Å². The molecule has 5 N–H and O–H groups in total. The van der Waals surface area contributed by atoms with Gasteiger partial charge in [0, 0.05) is 12.8 Å². The Morgan fingerprint density at radius 3 is 1.53 bits per heavy atom. The van der Waals surface area contributed by atoms with Crippen LogP contribution in [0.3, 0.4) is 0 Å². The number of alkyl carbamates (subject to hydrolysis) is 1. The van der Waals surface area contributed by atoms with Gasteiger partial charge in [0.25, 0.3) is 11.8 Å². The van der Waals surface area contributed by atoms with Crippen molar-refractivity contribution in [1.82, 2.24) is 10.4 Å². The van der Waals surface area contributed by atoms with Crippen molar-refractivity contribution >= 4 is 36.0 Å². The number of hydrogen-bond donors (Lipinski definition) is 4. The molecule has 0 radical (unpaired) electrons. The third-order valence-electron chi connectivity index (χ3n) is 6.89. The molecule has 0 bridgehead atoms. The van der Waals surface area contributed by atoms with Crippen molar-refractivity contribution in [3.63, 3.8) is 0 Å². The number of carbonyl (C=O) groups excluding carboxylic acids is 4. The average molecular weight is 618 g/mol. The average Bonchev–Trinajstić information content (AvgIpc) is 3.62. The summed E-state index contributed by atoms with van der Waals surface area (Å²) in [4.78, 5) is 70.9. The monoisotopic (exact) mass is 617 g/mol. The van der Waals surface area contributed by atoms with E-state index >= 15 is 0 Å². The molecule has 1 aliphatic heterocycles. The molecular formula is C29H51N3O11. The second-order valence-corrected chi connectivity index (χ2v) is 12.7. The predicted octanol–water partition coefficient (Wildman–Crippen LogP) is 4.38. The van der Waals surface area contributed by atoms with Gasteiger partial charge in [-0.2, -0.15) is 0 Å². The van der Waals surface area contributed by atoms with Crippen LogP contribution in [0, 0.1) is 10.8 Å². The van der Waals surface area contributed by atoms with Gasteiger partial charge in [0.15, 0.2) is 0 Å². The lowest BCUT2D eigenvalue weighted by Gasteiger charge is -2.27. The van der Waals surface area contributed by atoms with E-state index in [-0.39, 0.29) is 37.9 Å². The first-order chi connectivity index (χ1) is 19.3. The van der Waals surface area contributed by atoms with Gasteiger partial charge in [0.1, 0.15) is 24.3 Å². The Hall–Kier alpha value is -3.42. The molecule has 3 amide bonds. The highest BCUT2D eigenvalue weighted by molar-refractivity contribution is 6.01. The van der Waals surface area contributed by atoms with Crippen LogP contribution in [0.25, 0.3) is 0 Å². The first kappa shape index (κ1) is 39.6. The van der Waals surface area contributed by atoms with Crippen molar-refractivity contribution in [3.05, 3.63) is 0 Å². The number of carbonyl (C=O) groups is 6. The van der Waals surface area contributed by atoms with E-state index in [1.165, 1.54) is 0 Å². The lowest BCUT2D eigenvalue weighted by atomic mass is 9.87. The van der Waals surface area contributed by atoms with E-state index in [1.54, 1.807) is 41.5 Å². The molecule has 0 unspecified atom stereocenters. The molecule has 14 heteroatoms. The number of hydroxylamine groups is 2. The van der Waals surface area contributed by atoms with E-state index in [4.69, 9.17) is 25.4 Å². The van der Waals surface area contributed by atoms with Crippen molar-refractivity contribution in [2.45, 2.75) is 137 Å². The zero-order valence-electron chi connectivity index (χ0n) is 25.5. The van der Waals surface area contributed by atoms with Gasteiger partial charge >= 0.3 is 24.2 Å². The number of amides is 3. The molecule has 43 heavy (non-hydrogen) atoms. The van der Waals surface area contributed by atoms with Crippen LogP contribution in [-0.2, 0) is 33.5 Å². The molecular weight excluding hydrogens is 566 g/mol. The fraction of sp³-hybridized carbons (Fsp3) is 0.793. The van der Waals surface area contributed by atoms with Crippen molar-refractivity contribution in [2.75, 3.05) is 0 Å². The standard InChI is InChI=1S/C12H21NO4.C10H13NO5.C6H13NO2.CH4/c1-12(2,3)9(10(14)15)13-11(16)17-8-6-4-5-7-8;12-8-5-6-9(13)11(8)16-10(14)15-7-3-1-2-4-7;1-6(2,3)4(7)5(8)9;/h8-9H,4-7H2,1-3H3,(H,13,16)(H,14,15);7H,1-6H2;4H,7H2,1-3H3,(H,8,9);1H4/t9-;;4-;/m1.1./s1. The molecule has 3 aliphatic rings. The molecule has 0 aromatic carbocycles. The lowest BCUT2D eigenvalue weighted by Crippen LogP contribution is -2.49. The molecule has 2 aliphatic carbocycles. The minimum atomic E-state index is -1.04. The van der Waals surface area contributed by atoms with E-state index in [1.807, 2.05) is 0 Å². The number of carboxylic acid groups (broad SMARTS) is 2. The summed E-state index contributed by atoms with van der Waals surface area (Å²) in [6.07, 6.45) is 5.98. The highest BCUT2D eigenvalue weighted by atomic mass is 16.8. The summed E-state index contributed by atoms with van der Waals surface area (Å²) in [6, 6.07) is -1.70. The molecule has 1 saturated heterocycles. The second kappa shape index (κ2) is 17.6. The molecule has 2 saturated carbocycles. The smallest absolute Gasteiger partial charge is 0.480 e. The molecule has 3 rings (SSSR count). The van der Waals surface area contributed by atoms with Crippen LogP contribution in [-0.4, -0.2) is 75.6 Å². The SMILES string of the molecule is C.CC(C)(C)[C@H](N)C(=O)O.CC(C)(C)[C@H](NC(=O)OC1CCCC1)C(=O)O.O=C(OC1CCCC1)ON1C(=O)CCC1=O. The third-order valence-corrected chi connectivity index (χ3v) is 6.89. The number of nitrogens with two attached hydrogens (primary N) is 1. The first-order valence-electron chi connectivity index (χ1n) is 14.3. The number of nitrogens with zero attached hydrogens (tertiary/aromatic N) is 1. The summed E-state index contributed by atoms with van der Waals surface area (Å²) in [5, 5.41) is 20.4. The highest BCUT2D eigenvalue weighted by Gasteiger charge is 2.35. The maximum Gasteiger partial charge on any atom is 0.534 e. The normalized spacial score (nSPS) is 18.6. The van der Waals surface area contributed by atoms with E-state index in [0.29, 0.717) is 5.06 Å². The Balaban J connectivity index is 0.000000638. The fourth-order valence-corrected chi connectivity index (χ4v) is 4.22. The number of hydrogen-bond acceptors (Lipinski definition) is 10. The van der Waals surface area contributed by atoms with Crippen LogP contribution >= 0.6 is 0 Å². The minimum Gasteiger partial charge on any atom is -0.480 e. The van der Waals surface area contributed by atoms with E-state index in [9.17, 15) is 28.8 Å². The van der Waals surface area contributed by atoms with E-state index in [2.05, 4.69) is 10.2 Å². The van der Waals surface area contributed by atoms with Crippen LogP contribution in [0.15, 0.2) is 0 Å². The van der Waals surface area contributed by atoms with Gasteiger partial charge in [-0.05, 0) is 62.2 Å². The zero-order chi connectivity index (χ0) is 32.3. The number of rotatable bonds is 6. The van der Waals surface area contributed by atoms with Crippen LogP contribution < -0.4 is 11.1 Å². The quantitative estimate of drug-likeness (QED) is 0.241. The number of ether oxygens (including phenoxy) is 2. The number of nitrogens with one attached hydrogen (secondary N) is 1. The van der Waals surface area contributed by atoms with E-state index in [0.717, 1.165) is 51.4 Å². The van der Waals surface area contributed by atoms with Gasteiger partial charge in [-0.25, -0.2) is 14.4 Å². The Kier molecular flexibility index (Phi) is 16.2. The third kappa shape index (κ3) is 14.5. The summed E-state index contributed by atoms with van der Waals surface area (Å²) < 4.78 is 10.1. The van der Waals surface area contributed by atoms with Gasteiger partial charge in [0.05, 0.1) is 0 Å². The van der Waals surface area contributed by atoms with Crippen molar-refractivity contribution in [3.8, 4) is 0 Å². The van der Waals surface area contributed by atoms with E-state index < -0.39 is 53.5 Å². The summed E-state index contributed by atoms with van der Waals surface area (Å²) in [7, 11) is 0. The summed E-state index contributed by atoms with van der Waals surface area (Å²) >= 11 is 0. The summed E-state index contributed by atoms with van der Waals surface area (Å²) in [6.45, 7) is 10.7. The van der Waals surface area contributed by atoms with Gasteiger partial charge in [0.2, 0.25) is 0 Å². The Morgan fingerprint density at radius 1 is 0.791 bits per heavy atom.